The van der Waals surface area contributed by atoms with Gasteiger partial charge in [0.2, 0.25) is 0 Å². The summed E-state index contributed by atoms with van der Waals surface area (Å²) < 4.78 is 8.71. The van der Waals surface area contributed by atoms with E-state index in [1.54, 1.807) is 13.8 Å². The standard InChI is InChI=1S/C30H29BO2S/c1-29(2,32)30(3,4)33-31-26-16-10-15-24-25-19-21(17-18-27(25)34-28(24)26)23-14-9-8-13-22(23)20-11-6-5-7-12-20/h5-19,31-32H,1-4H3. The summed E-state index contributed by atoms with van der Waals surface area (Å²) in [5.41, 5.74) is 4.50. The first-order valence-corrected chi connectivity index (χ1v) is 12.5. The zero-order chi connectivity index (χ0) is 23.9. The maximum atomic E-state index is 10.5. The zero-order valence-corrected chi connectivity index (χ0v) is 20.9. The first-order valence-electron chi connectivity index (χ1n) is 11.7. The van der Waals surface area contributed by atoms with Gasteiger partial charge in [-0.1, -0.05) is 78.9 Å². The fraction of sp³-hybridized carbons (Fsp3) is 0.200. The van der Waals surface area contributed by atoms with Crippen LogP contribution in [0.5, 0.6) is 0 Å². The average molecular weight is 464 g/mol. The van der Waals surface area contributed by atoms with Crippen molar-refractivity contribution in [2.24, 2.45) is 0 Å². The van der Waals surface area contributed by atoms with Crippen molar-refractivity contribution < 1.29 is 9.76 Å². The molecule has 0 fully saturated rings. The molecule has 1 heterocycles. The lowest BCUT2D eigenvalue weighted by atomic mass is 9.82. The van der Waals surface area contributed by atoms with Gasteiger partial charge in [0.15, 0.2) is 0 Å². The molecule has 2 nitrogen and oxygen atoms in total. The van der Waals surface area contributed by atoms with E-state index in [1.807, 2.05) is 25.2 Å². The van der Waals surface area contributed by atoms with E-state index in [1.165, 1.54) is 42.4 Å². The highest BCUT2D eigenvalue weighted by atomic mass is 32.1. The van der Waals surface area contributed by atoms with Gasteiger partial charge in [-0.25, -0.2) is 0 Å². The van der Waals surface area contributed by atoms with Gasteiger partial charge in [0.1, 0.15) is 0 Å². The number of hydrogen-bond donors (Lipinski definition) is 1. The number of fused-ring (bicyclic) bond motifs is 3. The molecular formula is C30H29BO2S. The molecule has 170 valence electrons. The highest BCUT2D eigenvalue weighted by molar-refractivity contribution is 7.27. The van der Waals surface area contributed by atoms with Gasteiger partial charge in [0, 0.05) is 14.8 Å². The van der Waals surface area contributed by atoms with Gasteiger partial charge in [-0.3, -0.25) is 0 Å². The van der Waals surface area contributed by atoms with E-state index in [0.29, 0.717) is 7.48 Å². The quantitative estimate of drug-likeness (QED) is 0.276. The summed E-state index contributed by atoms with van der Waals surface area (Å²) in [7, 11) is 0.463. The van der Waals surface area contributed by atoms with Gasteiger partial charge < -0.3 is 9.76 Å². The van der Waals surface area contributed by atoms with Crippen LogP contribution in [0.4, 0.5) is 0 Å². The topological polar surface area (TPSA) is 29.5 Å². The molecule has 5 aromatic rings. The molecule has 1 N–H and O–H groups in total. The molecule has 0 saturated carbocycles. The monoisotopic (exact) mass is 464 g/mol. The van der Waals surface area contributed by atoms with Crippen LogP contribution in [0.2, 0.25) is 0 Å². The van der Waals surface area contributed by atoms with E-state index in [2.05, 4.69) is 91.0 Å². The van der Waals surface area contributed by atoms with Gasteiger partial charge >= 0.3 is 7.48 Å². The fourth-order valence-electron chi connectivity index (χ4n) is 4.18. The minimum Gasteiger partial charge on any atom is -0.427 e. The lowest BCUT2D eigenvalue weighted by Crippen LogP contribution is -2.49. The van der Waals surface area contributed by atoms with Crippen molar-refractivity contribution in [1.82, 2.24) is 0 Å². The lowest BCUT2D eigenvalue weighted by Gasteiger charge is -2.37. The van der Waals surface area contributed by atoms with Crippen molar-refractivity contribution in [3.63, 3.8) is 0 Å². The summed E-state index contributed by atoms with van der Waals surface area (Å²) in [6.07, 6.45) is 0. The van der Waals surface area contributed by atoms with Gasteiger partial charge in [0.05, 0.1) is 11.2 Å². The Kier molecular flexibility index (Phi) is 5.85. The molecule has 0 bridgehead atoms. The third-order valence-electron chi connectivity index (χ3n) is 6.96. The number of rotatable bonds is 6. The molecule has 0 unspecified atom stereocenters. The van der Waals surface area contributed by atoms with Gasteiger partial charge in [-0.15, -0.1) is 11.3 Å². The normalized spacial score (nSPS) is 12.4. The largest absolute Gasteiger partial charge is 0.427 e. The van der Waals surface area contributed by atoms with E-state index >= 15 is 0 Å². The zero-order valence-electron chi connectivity index (χ0n) is 20.1. The second-order valence-electron chi connectivity index (χ2n) is 9.88. The number of benzene rings is 4. The van der Waals surface area contributed by atoms with Gasteiger partial charge in [0.25, 0.3) is 0 Å². The number of hydrogen-bond acceptors (Lipinski definition) is 3. The van der Waals surface area contributed by atoms with Crippen LogP contribution in [0, 0.1) is 0 Å². The molecular weight excluding hydrogens is 435 g/mol. The molecule has 0 aliphatic heterocycles. The first kappa shape index (κ1) is 22.9. The Labute approximate surface area is 206 Å². The second-order valence-corrected chi connectivity index (χ2v) is 10.9. The van der Waals surface area contributed by atoms with E-state index < -0.39 is 11.2 Å². The molecule has 0 atom stereocenters. The van der Waals surface area contributed by atoms with Crippen molar-refractivity contribution >= 4 is 44.5 Å². The molecule has 4 aromatic carbocycles. The summed E-state index contributed by atoms with van der Waals surface area (Å²) in [5, 5.41) is 13.0. The van der Waals surface area contributed by atoms with E-state index in [4.69, 9.17) is 4.65 Å². The Hall–Kier alpha value is -2.92. The smallest absolute Gasteiger partial charge is 0.310 e. The van der Waals surface area contributed by atoms with Crippen LogP contribution in [0.3, 0.4) is 0 Å². The molecule has 0 radical (unpaired) electrons. The van der Waals surface area contributed by atoms with Crippen molar-refractivity contribution in [1.29, 1.82) is 0 Å². The average Bonchev–Trinajstić information content (AvgIpc) is 3.21. The molecule has 0 amide bonds. The number of thiophene rings is 1. The van der Waals surface area contributed by atoms with Crippen molar-refractivity contribution in [3.05, 3.63) is 91.0 Å². The third-order valence-corrected chi connectivity index (χ3v) is 8.23. The molecule has 0 aliphatic carbocycles. The molecule has 34 heavy (non-hydrogen) atoms. The highest BCUT2D eigenvalue weighted by Gasteiger charge is 2.35. The molecule has 5 rings (SSSR count). The van der Waals surface area contributed by atoms with Crippen LogP contribution >= 0.6 is 11.3 Å². The molecule has 4 heteroatoms. The van der Waals surface area contributed by atoms with Crippen molar-refractivity contribution in [3.8, 4) is 22.3 Å². The van der Waals surface area contributed by atoms with Crippen molar-refractivity contribution in [2.45, 2.75) is 38.9 Å². The predicted molar refractivity (Wildman–Crippen MR) is 148 cm³/mol. The van der Waals surface area contributed by atoms with Crippen LogP contribution in [0.25, 0.3) is 42.4 Å². The first-order chi connectivity index (χ1) is 16.2. The second kappa shape index (κ2) is 8.70. The Morgan fingerprint density at radius 1 is 0.706 bits per heavy atom. The summed E-state index contributed by atoms with van der Waals surface area (Å²) in [5.74, 6) is 0. The molecule has 0 saturated heterocycles. The minimum atomic E-state index is -0.928. The Balaban J connectivity index is 1.57. The van der Waals surface area contributed by atoms with E-state index in [0.717, 1.165) is 5.46 Å². The maximum Gasteiger partial charge on any atom is 0.310 e. The summed E-state index contributed by atoms with van der Waals surface area (Å²) in [6, 6.07) is 32.4. The van der Waals surface area contributed by atoms with Crippen LogP contribution < -0.4 is 5.46 Å². The SMILES string of the molecule is CC(C)(O)C(C)(C)OBc1cccc2c1sc1ccc(-c3ccccc3-c3ccccc3)cc12. The van der Waals surface area contributed by atoms with Gasteiger partial charge in [-0.05, 0) is 72.9 Å². The minimum absolute atomic E-state index is 0.463. The van der Waals surface area contributed by atoms with Gasteiger partial charge in [-0.2, -0.15) is 0 Å². The molecule has 0 aliphatic rings. The van der Waals surface area contributed by atoms with Crippen LogP contribution in [0.1, 0.15) is 27.7 Å². The summed E-state index contributed by atoms with van der Waals surface area (Å²) >= 11 is 1.81. The van der Waals surface area contributed by atoms with Crippen LogP contribution in [-0.2, 0) is 4.65 Å². The molecule has 0 spiro atoms. The van der Waals surface area contributed by atoms with E-state index in [9.17, 15) is 5.11 Å². The third kappa shape index (κ3) is 4.18. The van der Waals surface area contributed by atoms with Crippen molar-refractivity contribution in [2.75, 3.05) is 0 Å². The Morgan fingerprint density at radius 3 is 2.09 bits per heavy atom. The Morgan fingerprint density at radius 2 is 1.38 bits per heavy atom. The van der Waals surface area contributed by atoms with Crippen LogP contribution in [-0.4, -0.2) is 23.8 Å². The maximum absolute atomic E-state index is 10.5. The lowest BCUT2D eigenvalue weighted by molar-refractivity contribution is -0.0893. The summed E-state index contributed by atoms with van der Waals surface area (Å²) in [4.78, 5) is 0. The fourth-order valence-corrected chi connectivity index (χ4v) is 5.36. The Bertz CT molecular complexity index is 1460. The number of aliphatic hydroxyl groups is 1. The van der Waals surface area contributed by atoms with Crippen LogP contribution in [0.15, 0.2) is 91.0 Å². The van der Waals surface area contributed by atoms with E-state index in [-0.39, 0.29) is 0 Å². The molecule has 1 aromatic heterocycles. The predicted octanol–water partition coefficient (Wildman–Crippen LogP) is 6.93. The highest BCUT2D eigenvalue weighted by Crippen LogP contribution is 2.38. The summed E-state index contributed by atoms with van der Waals surface area (Å²) in [6.45, 7) is 7.46.